The molecule has 1 aliphatic rings. The van der Waals surface area contributed by atoms with Gasteiger partial charge in [-0.15, -0.1) is 0 Å². The van der Waals surface area contributed by atoms with E-state index in [0.29, 0.717) is 29.7 Å². The van der Waals surface area contributed by atoms with E-state index in [1.165, 1.54) is 7.11 Å². The third-order valence-electron chi connectivity index (χ3n) is 4.03. The molecule has 0 fully saturated rings. The van der Waals surface area contributed by atoms with Gasteiger partial charge >= 0.3 is 5.97 Å². The Hall–Kier alpha value is -2.50. The van der Waals surface area contributed by atoms with Crippen LogP contribution in [-0.4, -0.2) is 24.2 Å². The molecule has 6 heteroatoms. The Morgan fingerprint density at radius 2 is 2.08 bits per heavy atom. The van der Waals surface area contributed by atoms with Gasteiger partial charge in [0.15, 0.2) is 0 Å². The number of rotatable bonds is 6. The van der Waals surface area contributed by atoms with Crippen molar-refractivity contribution in [1.82, 2.24) is 0 Å². The molecule has 0 radical (unpaired) electrons. The molecule has 0 aromatic heterocycles. The Bertz CT molecular complexity index is 687. The monoisotopic (exact) mass is 335 g/mol. The smallest absolute Gasteiger partial charge is 0.342 e. The number of hydrogen-bond donors (Lipinski definition) is 1. The second-order valence-electron chi connectivity index (χ2n) is 5.54. The molecule has 1 aromatic carbocycles. The van der Waals surface area contributed by atoms with Gasteiger partial charge in [0.2, 0.25) is 0 Å². The third-order valence-corrected chi connectivity index (χ3v) is 4.03. The molecule has 0 atom stereocenters. The number of cyclic esters (lactones) is 1. The zero-order valence-electron chi connectivity index (χ0n) is 13.4. The number of allylic oxidation sites excluding steroid dienone is 2. The van der Waals surface area contributed by atoms with Crippen LogP contribution in [0.25, 0.3) is 0 Å². The summed E-state index contributed by atoms with van der Waals surface area (Å²) < 4.78 is 10.4. The zero-order valence-corrected chi connectivity index (χ0v) is 13.4. The molecule has 0 spiro atoms. The van der Waals surface area contributed by atoms with Crippen LogP contribution < -0.4 is 9.84 Å². The lowest BCUT2D eigenvalue weighted by Crippen LogP contribution is -2.21. The largest absolute Gasteiger partial charge is 0.550 e. The van der Waals surface area contributed by atoms with E-state index in [-0.39, 0.29) is 31.8 Å². The lowest BCUT2D eigenvalue weighted by molar-refractivity contribution is -0.305. The minimum absolute atomic E-state index is 0. The molecule has 132 valence electrons. The Labute approximate surface area is 141 Å². The number of ether oxygens (including phenoxy) is 2. The molecule has 1 aromatic rings. The fourth-order valence-electron chi connectivity index (χ4n) is 2.71. The summed E-state index contributed by atoms with van der Waals surface area (Å²) in [5, 5.41) is 20.9. The van der Waals surface area contributed by atoms with Crippen molar-refractivity contribution in [2.24, 2.45) is 0 Å². The second kappa shape index (κ2) is 7.86. The van der Waals surface area contributed by atoms with Crippen molar-refractivity contribution in [3.63, 3.8) is 0 Å². The highest BCUT2D eigenvalue weighted by Crippen LogP contribution is 2.41. The molecule has 24 heavy (non-hydrogen) atoms. The molecular weight excluding hydrogens is 312 g/mol. The lowest BCUT2D eigenvalue weighted by Gasteiger charge is -2.15. The summed E-state index contributed by atoms with van der Waals surface area (Å²) in [6, 6.07) is 0. The number of methoxy groups -OCH3 is 1. The van der Waals surface area contributed by atoms with Gasteiger partial charge in [0, 0.05) is 17.1 Å². The summed E-state index contributed by atoms with van der Waals surface area (Å²) in [7, 11) is 1.50. The van der Waals surface area contributed by atoms with E-state index in [1.54, 1.807) is 6.92 Å². The Morgan fingerprint density at radius 1 is 1.42 bits per heavy atom. The molecule has 0 bridgehead atoms. The number of aliphatic carboxylic acids is 1. The Morgan fingerprint density at radius 3 is 2.67 bits per heavy atom. The van der Waals surface area contributed by atoms with Crippen LogP contribution in [0.2, 0.25) is 0 Å². The summed E-state index contributed by atoms with van der Waals surface area (Å²) in [6.07, 6.45) is 2.46. The maximum atomic E-state index is 11.8. The highest BCUT2D eigenvalue weighted by atomic mass is 16.5. The zero-order chi connectivity index (χ0) is 17.1. The average Bonchev–Trinajstić information content (AvgIpc) is 2.89. The summed E-state index contributed by atoms with van der Waals surface area (Å²) in [6.45, 7) is 3.75. The first kappa shape index (κ1) is 19.5. The third kappa shape index (κ3) is 3.69. The van der Waals surface area contributed by atoms with Gasteiger partial charge < -0.3 is 24.5 Å². The molecule has 0 saturated heterocycles. The molecule has 1 N–H and O–H groups in total. The van der Waals surface area contributed by atoms with E-state index < -0.39 is 11.9 Å². The van der Waals surface area contributed by atoms with Crippen LogP contribution in [0.15, 0.2) is 11.6 Å². The van der Waals surface area contributed by atoms with Gasteiger partial charge in [0.1, 0.15) is 23.7 Å². The number of benzene rings is 1. The number of hydrogen-bond acceptors (Lipinski definition) is 6. The fraction of sp³-hybridized carbons (Fsp3) is 0.444. The van der Waals surface area contributed by atoms with Crippen LogP contribution in [0.1, 0.15) is 54.2 Å². The number of carboxylic acid groups (broad SMARTS) is 1. The lowest BCUT2D eigenvalue weighted by atomic mass is 9.94. The maximum absolute atomic E-state index is 11.8. The minimum atomic E-state index is -1.10. The van der Waals surface area contributed by atoms with Crippen molar-refractivity contribution in [2.45, 2.75) is 47.1 Å². The summed E-state index contributed by atoms with van der Waals surface area (Å²) in [4.78, 5) is 22.3. The van der Waals surface area contributed by atoms with E-state index >= 15 is 0 Å². The molecule has 0 amide bonds. The highest BCUT2D eigenvalue weighted by Gasteiger charge is 2.31. The Balaban J connectivity index is 0.00000288. The van der Waals surface area contributed by atoms with Crippen molar-refractivity contribution in [1.29, 1.82) is 0 Å². The number of carbonyl (C=O) groups is 2. The summed E-state index contributed by atoms with van der Waals surface area (Å²) >= 11 is 0. The van der Waals surface area contributed by atoms with E-state index in [4.69, 9.17) is 9.47 Å². The van der Waals surface area contributed by atoms with E-state index in [0.717, 1.165) is 11.1 Å². The van der Waals surface area contributed by atoms with Gasteiger partial charge in [-0.3, -0.25) is 0 Å². The van der Waals surface area contributed by atoms with Crippen LogP contribution in [0.3, 0.4) is 0 Å². The minimum Gasteiger partial charge on any atom is -0.550 e. The van der Waals surface area contributed by atoms with Gasteiger partial charge in [-0.25, -0.2) is 4.79 Å². The first-order valence-electron chi connectivity index (χ1n) is 7.30. The molecule has 0 saturated carbocycles. The molecule has 1 aliphatic heterocycles. The van der Waals surface area contributed by atoms with Gasteiger partial charge in [-0.05, 0) is 38.7 Å². The van der Waals surface area contributed by atoms with Gasteiger partial charge in [-0.2, -0.15) is 0 Å². The predicted octanol–water partition coefficient (Wildman–Crippen LogP) is 2.03. The number of phenolic OH excluding ortho intramolecular Hbond substituents is 1. The van der Waals surface area contributed by atoms with Crippen molar-refractivity contribution in [3.8, 4) is 11.5 Å². The fourth-order valence-corrected chi connectivity index (χ4v) is 2.71. The van der Waals surface area contributed by atoms with Gasteiger partial charge in [-0.1, -0.05) is 19.1 Å². The van der Waals surface area contributed by atoms with Crippen LogP contribution in [0.5, 0.6) is 11.5 Å². The number of carbonyl (C=O) groups excluding carboxylic acids is 2. The topological polar surface area (TPSA) is 95.9 Å². The number of phenols is 1. The maximum Gasteiger partial charge on any atom is 0.342 e. The van der Waals surface area contributed by atoms with Crippen molar-refractivity contribution >= 4 is 11.9 Å². The van der Waals surface area contributed by atoms with Crippen LogP contribution in [-0.2, 0) is 22.6 Å². The number of fused-ring (bicyclic) bond motifs is 1. The van der Waals surface area contributed by atoms with Crippen LogP contribution in [0.4, 0.5) is 0 Å². The van der Waals surface area contributed by atoms with E-state index in [9.17, 15) is 19.8 Å². The van der Waals surface area contributed by atoms with E-state index in [2.05, 4.69) is 0 Å². The second-order valence-corrected chi connectivity index (χ2v) is 5.54. The van der Waals surface area contributed by atoms with Crippen LogP contribution >= 0.6 is 0 Å². The standard InChI is InChI=1S/C17H20O6.CH4/c1-9(5-7-13(18)19)4-6-11-15(20)14-12(8-23-17(14)21)10(2)16(11)22-3;/h4,20H,5-8H2,1-3H3,(H,18,19);1H4/p-1/b9-4+;. The normalized spacial score (nSPS) is 13.1. The summed E-state index contributed by atoms with van der Waals surface area (Å²) in [5.74, 6) is -1.26. The molecule has 2 rings (SSSR count). The first-order chi connectivity index (χ1) is 10.9. The molecule has 0 unspecified atom stereocenters. The molecule has 1 heterocycles. The number of aromatic hydroxyl groups is 1. The van der Waals surface area contributed by atoms with Crippen molar-refractivity contribution in [2.75, 3.05) is 7.11 Å². The number of esters is 1. The molecular formula is C18H23O6-. The van der Waals surface area contributed by atoms with Gasteiger partial charge in [0.05, 0.1) is 7.11 Å². The van der Waals surface area contributed by atoms with Gasteiger partial charge in [0.25, 0.3) is 0 Å². The molecule has 6 nitrogen and oxygen atoms in total. The first-order valence-corrected chi connectivity index (χ1v) is 7.30. The van der Waals surface area contributed by atoms with Crippen molar-refractivity contribution in [3.05, 3.63) is 33.9 Å². The van der Waals surface area contributed by atoms with Crippen molar-refractivity contribution < 1.29 is 29.3 Å². The summed E-state index contributed by atoms with van der Waals surface area (Å²) in [5.41, 5.74) is 2.96. The number of carboxylic acids is 1. The highest BCUT2D eigenvalue weighted by molar-refractivity contribution is 5.98. The average molecular weight is 335 g/mol. The van der Waals surface area contributed by atoms with E-state index in [1.807, 2.05) is 13.0 Å². The quantitative estimate of drug-likeness (QED) is 0.631. The Kier molecular flexibility index (Phi) is 6.40. The molecule has 0 aliphatic carbocycles. The van der Waals surface area contributed by atoms with Crippen LogP contribution in [0, 0.1) is 6.92 Å². The predicted molar refractivity (Wildman–Crippen MR) is 86.9 cm³/mol. The SMILES string of the molecule is C.COc1c(C)c2c(c(O)c1C/C=C(\C)CCC(=O)[O-])C(=O)OC2.